The Hall–Kier alpha value is -2.93. The zero-order valence-corrected chi connectivity index (χ0v) is 14.7. The van der Waals surface area contributed by atoms with Crippen LogP contribution in [0, 0.1) is 0 Å². The molecule has 1 fully saturated rings. The van der Waals surface area contributed by atoms with Crippen LogP contribution in [-0.4, -0.2) is 43.1 Å². The van der Waals surface area contributed by atoms with Crippen molar-refractivity contribution in [3.05, 3.63) is 53.7 Å². The molecule has 1 aliphatic heterocycles. The minimum Gasteiger partial charge on any atom is -0.378 e. The number of carbonyl (C=O) groups is 2. The largest absolute Gasteiger partial charge is 0.378 e. The lowest BCUT2D eigenvalue weighted by atomic mass is 10.2. The van der Waals surface area contributed by atoms with E-state index in [1.54, 1.807) is 24.3 Å². The molecule has 3 rings (SSSR count). The van der Waals surface area contributed by atoms with Crippen LogP contribution in [0.15, 0.2) is 42.5 Å². The third kappa shape index (κ3) is 4.80. The van der Waals surface area contributed by atoms with Crippen molar-refractivity contribution < 1.29 is 14.3 Å². The third-order valence-corrected chi connectivity index (χ3v) is 4.02. The van der Waals surface area contributed by atoms with E-state index in [0.717, 1.165) is 24.6 Å². The minimum atomic E-state index is -0.182. The molecule has 1 aromatic carbocycles. The quantitative estimate of drug-likeness (QED) is 0.856. The highest BCUT2D eigenvalue weighted by molar-refractivity contribution is 5.95. The van der Waals surface area contributed by atoms with Gasteiger partial charge in [-0.25, -0.2) is 4.98 Å². The summed E-state index contributed by atoms with van der Waals surface area (Å²) in [7, 11) is 0. The van der Waals surface area contributed by atoms with Crippen LogP contribution in [-0.2, 0) is 16.1 Å². The van der Waals surface area contributed by atoms with Crippen molar-refractivity contribution in [2.24, 2.45) is 0 Å². The minimum absolute atomic E-state index is 0.145. The molecule has 1 saturated heterocycles. The van der Waals surface area contributed by atoms with Crippen molar-refractivity contribution in [2.45, 2.75) is 13.5 Å². The molecule has 0 saturated carbocycles. The van der Waals surface area contributed by atoms with Gasteiger partial charge in [-0.05, 0) is 36.4 Å². The van der Waals surface area contributed by atoms with E-state index in [1.807, 2.05) is 18.2 Å². The van der Waals surface area contributed by atoms with Crippen molar-refractivity contribution in [3.8, 4) is 0 Å². The first-order valence-electron chi connectivity index (χ1n) is 8.56. The van der Waals surface area contributed by atoms with Gasteiger partial charge in [-0.2, -0.15) is 0 Å². The second-order valence-electron chi connectivity index (χ2n) is 6.03. The van der Waals surface area contributed by atoms with Gasteiger partial charge in [0.25, 0.3) is 5.91 Å². The van der Waals surface area contributed by atoms with E-state index >= 15 is 0 Å². The zero-order valence-electron chi connectivity index (χ0n) is 14.7. The number of amides is 2. The number of benzene rings is 1. The molecule has 2 N–H and O–H groups in total. The first-order valence-corrected chi connectivity index (χ1v) is 8.56. The maximum absolute atomic E-state index is 12.3. The summed E-state index contributed by atoms with van der Waals surface area (Å²) < 4.78 is 5.36. The molecule has 7 heteroatoms. The van der Waals surface area contributed by atoms with Crippen LogP contribution in [0.5, 0.6) is 0 Å². The lowest BCUT2D eigenvalue weighted by Gasteiger charge is -2.28. The molecular formula is C19H22N4O3. The molecule has 1 aromatic heterocycles. The summed E-state index contributed by atoms with van der Waals surface area (Å²) in [5.74, 6) is 0.575. The van der Waals surface area contributed by atoms with Gasteiger partial charge in [0.05, 0.1) is 25.5 Å². The van der Waals surface area contributed by atoms with E-state index in [0.29, 0.717) is 31.0 Å². The fourth-order valence-electron chi connectivity index (χ4n) is 2.72. The number of morpholine rings is 1. The molecule has 0 atom stereocenters. The third-order valence-electron chi connectivity index (χ3n) is 4.02. The zero-order chi connectivity index (χ0) is 18.4. The van der Waals surface area contributed by atoms with Crippen LogP contribution < -0.4 is 15.5 Å². The molecule has 0 aliphatic carbocycles. The average Bonchev–Trinajstić information content (AvgIpc) is 2.67. The van der Waals surface area contributed by atoms with Gasteiger partial charge in [0.2, 0.25) is 5.91 Å². The van der Waals surface area contributed by atoms with Gasteiger partial charge in [0.1, 0.15) is 5.82 Å². The normalized spacial score (nSPS) is 14.0. The highest BCUT2D eigenvalue weighted by Gasteiger charge is 2.13. The van der Waals surface area contributed by atoms with E-state index in [4.69, 9.17) is 4.74 Å². The van der Waals surface area contributed by atoms with Crippen LogP contribution in [0.2, 0.25) is 0 Å². The number of pyridine rings is 1. The molecule has 2 aromatic rings. The SMILES string of the molecule is CC(=O)Nc1ccc(C(=O)NCc2cccc(N3CCOCC3)n2)cc1. The Morgan fingerprint density at radius 3 is 2.54 bits per heavy atom. The topological polar surface area (TPSA) is 83.6 Å². The summed E-state index contributed by atoms with van der Waals surface area (Å²) in [6.45, 7) is 4.85. The molecular weight excluding hydrogens is 332 g/mol. The van der Waals surface area contributed by atoms with Gasteiger partial charge in [0, 0.05) is 31.3 Å². The maximum atomic E-state index is 12.3. The molecule has 1 aliphatic rings. The average molecular weight is 354 g/mol. The first kappa shape index (κ1) is 17.9. The summed E-state index contributed by atoms with van der Waals surface area (Å²) in [5, 5.41) is 5.55. The number of hydrogen-bond acceptors (Lipinski definition) is 5. The Bertz CT molecular complexity index is 771. The number of nitrogens with zero attached hydrogens (tertiary/aromatic N) is 2. The maximum Gasteiger partial charge on any atom is 0.251 e. The Labute approximate surface area is 152 Å². The van der Waals surface area contributed by atoms with E-state index in [9.17, 15) is 9.59 Å². The molecule has 0 radical (unpaired) electrons. The van der Waals surface area contributed by atoms with Gasteiger partial charge in [-0.3, -0.25) is 9.59 Å². The monoisotopic (exact) mass is 354 g/mol. The van der Waals surface area contributed by atoms with Crippen molar-refractivity contribution in [3.63, 3.8) is 0 Å². The van der Waals surface area contributed by atoms with Crippen LogP contribution >= 0.6 is 0 Å². The van der Waals surface area contributed by atoms with Gasteiger partial charge in [-0.1, -0.05) is 6.07 Å². The number of carbonyl (C=O) groups excluding carboxylic acids is 2. The molecule has 2 heterocycles. The Morgan fingerprint density at radius 2 is 1.85 bits per heavy atom. The highest BCUT2D eigenvalue weighted by Crippen LogP contribution is 2.14. The van der Waals surface area contributed by atoms with E-state index in [1.165, 1.54) is 6.92 Å². The lowest BCUT2D eigenvalue weighted by molar-refractivity contribution is -0.114. The van der Waals surface area contributed by atoms with E-state index < -0.39 is 0 Å². The van der Waals surface area contributed by atoms with Crippen LogP contribution in [0.3, 0.4) is 0 Å². The second-order valence-corrected chi connectivity index (χ2v) is 6.03. The van der Waals surface area contributed by atoms with E-state index in [-0.39, 0.29) is 11.8 Å². The molecule has 7 nitrogen and oxygen atoms in total. The number of rotatable bonds is 5. The number of ether oxygens (including phenoxy) is 1. The van der Waals surface area contributed by atoms with Crippen molar-refractivity contribution in [2.75, 3.05) is 36.5 Å². The fourth-order valence-corrected chi connectivity index (χ4v) is 2.72. The molecule has 0 spiro atoms. The summed E-state index contributed by atoms with van der Waals surface area (Å²) >= 11 is 0. The fraction of sp³-hybridized carbons (Fsp3) is 0.316. The van der Waals surface area contributed by atoms with Gasteiger partial charge >= 0.3 is 0 Å². The van der Waals surface area contributed by atoms with E-state index in [2.05, 4.69) is 20.5 Å². The molecule has 136 valence electrons. The summed E-state index contributed by atoms with van der Waals surface area (Å²) in [6.07, 6.45) is 0. The predicted molar refractivity (Wildman–Crippen MR) is 99.2 cm³/mol. The standard InChI is InChI=1S/C19H22N4O3/c1-14(24)21-16-7-5-15(6-8-16)19(25)20-13-17-3-2-4-18(22-17)23-9-11-26-12-10-23/h2-8H,9-13H2,1H3,(H,20,25)(H,21,24). The van der Waals surface area contributed by atoms with Crippen LogP contribution in [0.25, 0.3) is 0 Å². The summed E-state index contributed by atoms with van der Waals surface area (Å²) in [5.41, 5.74) is 1.99. The summed E-state index contributed by atoms with van der Waals surface area (Å²) in [4.78, 5) is 30.1. The number of nitrogens with one attached hydrogen (secondary N) is 2. The second kappa shape index (κ2) is 8.44. The highest BCUT2D eigenvalue weighted by atomic mass is 16.5. The van der Waals surface area contributed by atoms with Gasteiger partial charge in [-0.15, -0.1) is 0 Å². The smallest absolute Gasteiger partial charge is 0.251 e. The molecule has 2 amide bonds. The van der Waals surface area contributed by atoms with Gasteiger partial charge in [0.15, 0.2) is 0 Å². The predicted octanol–water partition coefficient (Wildman–Crippen LogP) is 1.81. The molecule has 0 unspecified atom stereocenters. The Kier molecular flexibility index (Phi) is 5.80. The molecule has 0 bridgehead atoms. The first-order chi connectivity index (χ1) is 12.6. The lowest BCUT2D eigenvalue weighted by Crippen LogP contribution is -2.37. The van der Waals surface area contributed by atoms with Crippen LogP contribution in [0.4, 0.5) is 11.5 Å². The number of anilines is 2. The van der Waals surface area contributed by atoms with Gasteiger partial charge < -0.3 is 20.3 Å². The van der Waals surface area contributed by atoms with Crippen molar-refractivity contribution in [1.82, 2.24) is 10.3 Å². The molecule has 26 heavy (non-hydrogen) atoms. The van der Waals surface area contributed by atoms with Crippen molar-refractivity contribution >= 4 is 23.3 Å². The Balaban J connectivity index is 1.58. The summed E-state index contributed by atoms with van der Waals surface area (Å²) in [6, 6.07) is 12.6. The number of hydrogen-bond donors (Lipinski definition) is 2. The number of aromatic nitrogens is 1. The van der Waals surface area contributed by atoms with Crippen molar-refractivity contribution in [1.29, 1.82) is 0 Å². The van der Waals surface area contributed by atoms with Crippen LogP contribution in [0.1, 0.15) is 23.0 Å². The Morgan fingerprint density at radius 1 is 1.12 bits per heavy atom.